The smallest absolute Gasteiger partial charge is 0.317 e. The van der Waals surface area contributed by atoms with E-state index >= 15 is 0 Å². The number of hydrogen-bond acceptors (Lipinski definition) is 6. The fourth-order valence-corrected chi connectivity index (χ4v) is 2.99. The van der Waals surface area contributed by atoms with E-state index in [1.807, 2.05) is 19.9 Å². The molecule has 0 radical (unpaired) electrons. The first kappa shape index (κ1) is 19.1. The standard InChI is InChI=1S/C18H27N3O4/c1-11-10-12(2)20-17(19-11)24-15-8-6-14(7-9-15)21-16(23)18(4,5)25-13(3)22/h10,14-15H,6-9H2,1-5H3,(H,21,23). The van der Waals surface area contributed by atoms with Crippen molar-refractivity contribution >= 4 is 11.9 Å². The summed E-state index contributed by atoms with van der Waals surface area (Å²) in [5.74, 6) is -0.740. The van der Waals surface area contributed by atoms with E-state index in [-0.39, 0.29) is 18.1 Å². The third kappa shape index (κ3) is 5.69. The number of carbonyl (C=O) groups excluding carboxylic acids is 2. The van der Waals surface area contributed by atoms with Crippen LogP contribution in [0.5, 0.6) is 6.01 Å². The highest BCUT2D eigenvalue weighted by Crippen LogP contribution is 2.23. The monoisotopic (exact) mass is 349 g/mol. The van der Waals surface area contributed by atoms with Gasteiger partial charge in [0, 0.05) is 24.4 Å². The molecule has 1 amide bonds. The van der Waals surface area contributed by atoms with Crippen molar-refractivity contribution in [3.8, 4) is 6.01 Å². The van der Waals surface area contributed by atoms with Gasteiger partial charge in [0.15, 0.2) is 5.60 Å². The Morgan fingerprint density at radius 3 is 2.20 bits per heavy atom. The number of amides is 1. The molecule has 7 nitrogen and oxygen atoms in total. The van der Waals surface area contributed by atoms with Crippen molar-refractivity contribution in [1.82, 2.24) is 15.3 Å². The summed E-state index contributed by atoms with van der Waals surface area (Å²) >= 11 is 0. The number of hydrogen-bond donors (Lipinski definition) is 1. The van der Waals surface area contributed by atoms with E-state index in [9.17, 15) is 9.59 Å². The van der Waals surface area contributed by atoms with Crippen molar-refractivity contribution in [3.63, 3.8) is 0 Å². The maximum absolute atomic E-state index is 12.3. The second-order valence-electron chi connectivity index (χ2n) is 7.10. The molecule has 138 valence electrons. The lowest BCUT2D eigenvalue weighted by atomic mass is 9.92. The van der Waals surface area contributed by atoms with Crippen molar-refractivity contribution in [1.29, 1.82) is 0 Å². The van der Waals surface area contributed by atoms with Crippen molar-refractivity contribution in [2.24, 2.45) is 0 Å². The van der Waals surface area contributed by atoms with Gasteiger partial charge in [-0.05, 0) is 59.4 Å². The Bertz CT molecular complexity index is 617. The Balaban J connectivity index is 1.83. The number of carbonyl (C=O) groups is 2. The summed E-state index contributed by atoms with van der Waals surface area (Å²) in [7, 11) is 0. The molecular weight excluding hydrogens is 322 g/mol. The molecule has 2 rings (SSSR count). The van der Waals surface area contributed by atoms with Crippen molar-refractivity contribution in [2.45, 2.75) is 78.0 Å². The van der Waals surface area contributed by atoms with E-state index in [1.165, 1.54) is 6.92 Å². The summed E-state index contributed by atoms with van der Waals surface area (Å²) in [4.78, 5) is 32.0. The number of esters is 1. The molecule has 1 heterocycles. The van der Waals surface area contributed by atoms with Crippen LogP contribution in [0.1, 0.15) is 57.8 Å². The first-order valence-corrected chi connectivity index (χ1v) is 8.65. The predicted octanol–water partition coefficient (Wildman–Crippen LogP) is 2.24. The number of rotatable bonds is 5. The molecule has 0 atom stereocenters. The molecule has 0 spiro atoms. The van der Waals surface area contributed by atoms with Gasteiger partial charge in [0.25, 0.3) is 5.91 Å². The van der Waals surface area contributed by atoms with Crippen LogP contribution in [-0.4, -0.2) is 39.6 Å². The molecule has 1 saturated carbocycles. The van der Waals surface area contributed by atoms with Gasteiger partial charge in [0.1, 0.15) is 6.10 Å². The number of aryl methyl sites for hydroxylation is 2. The zero-order valence-corrected chi connectivity index (χ0v) is 15.6. The van der Waals surface area contributed by atoms with Gasteiger partial charge in [-0.25, -0.2) is 9.97 Å². The van der Waals surface area contributed by atoms with Crippen LogP contribution in [0.4, 0.5) is 0 Å². The Labute approximate surface area is 148 Å². The van der Waals surface area contributed by atoms with Gasteiger partial charge in [0.2, 0.25) is 0 Å². The number of nitrogens with one attached hydrogen (secondary N) is 1. The summed E-state index contributed by atoms with van der Waals surface area (Å²) in [6.07, 6.45) is 3.29. The van der Waals surface area contributed by atoms with Crippen LogP contribution in [-0.2, 0) is 14.3 Å². The lowest BCUT2D eigenvalue weighted by Gasteiger charge is -2.31. The fraction of sp³-hybridized carbons (Fsp3) is 0.667. The minimum Gasteiger partial charge on any atom is -0.460 e. The number of ether oxygens (including phenoxy) is 2. The van der Waals surface area contributed by atoms with Crippen LogP contribution < -0.4 is 10.1 Å². The Morgan fingerprint density at radius 1 is 1.12 bits per heavy atom. The maximum atomic E-state index is 12.3. The molecule has 0 aromatic carbocycles. The summed E-state index contributed by atoms with van der Waals surface area (Å²) < 4.78 is 11.0. The van der Waals surface area contributed by atoms with E-state index in [0.717, 1.165) is 37.1 Å². The van der Waals surface area contributed by atoms with Crippen molar-refractivity contribution in [3.05, 3.63) is 17.5 Å². The zero-order chi connectivity index (χ0) is 18.6. The molecule has 25 heavy (non-hydrogen) atoms. The predicted molar refractivity (Wildman–Crippen MR) is 92.2 cm³/mol. The highest BCUT2D eigenvalue weighted by Gasteiger charge is 2.33. The Morgan fingerprint density at radius 2 is 1.68 bits per heavy atom. The number of aromatic nitrogens is 2. The van der Waals surface area contributed by atoms with Crippen LogP contribution in [0.2, 0.25) is 0 Å². The van der Waals surface area contributed by atoms with Crippen LogP contribution in [0.25, 0.3) is 0 Å². The van der Waals surface area contributed by atoms with Crippen molar-refractivity contribution in [2.75, 3.05) is 0 Å². The molecule has 1 aromatic rings. The molecule has 1 aliphatic rings. The summed E-state index contributed by atoms with van der Waals surface area (Å²) in [6, 6.07) is 2.38. The van der Waals surface area contributed by atoms with E-state index < -0.39 is 11.6 Å². The fourth-order valence-electron chi connectivity index (χ4n) is 2.99. The average Bonchev–Trinajstić information content (AvgIpc) is 2.46. The van der Waals surface area contributed by atoms with Gasteiger partial charge in [0.05, 0.1) is 0 Å². The molecule has 1 aromatic heterocycles. The summed E-state index contributed by atoms with van der Waals surface area (Å²) in [5, 5.41) is 2.96. The van der Waals surface area contributed by atoms with E-state index in [4.69, 9.17) is 9.47 Å². The highest BCUT2D eigenvalue weighted by molar-refractivity contribution is 5.86. The minimum absolute atomic E-state index is 0.0517. The van der Waals surface area contributed by atoms with E-state index in [1.54, 1.807) is 13.8 Å². The van der Waals surface area contributed by atoms with Gasteiger partial charge in [-0.1, -0.05) is 0 Å². The average molecular weight is 349 g/mol. The third-order valence-electron chi connectivity index (χ3n) is 4.19. The molecule has 1 fully saturated rings. The van der Waals surface area contributed by atoms with Crippen LogP contribution in [0.15, 0.2) is 6.07 Å². The van der Waals surface area contributed by atoms with Crippen molar-refractivity contribution < 1.29 is 19.1 Å². The molecule has 1 N–H and O–H groups in total. The van der Waals surface area contributed by atoms with Crippen LogP contribution in [0.3, 0.4) is 0 Å². The quantitative estimate of drug-likeness (QED) is 0.820. The summed E-state index contributed by atoms with van der Waals surface area (Å²) in [5.41, 5.74) is 0.610. The normalized spacial score (nSPS) is 20.7. The Hall–Kier alpha value is -2.18. The second-order valence-corrected chi connectivity index (χ2v) is 7.10. The second kappa shape index (κ2) is 7.80. The highest BCUT2D eigenvalue weighted by atomic mass is 16.6. The SMILES string of the molecule is CC(=O)OC(C)(C)C(=O)NC1CCC(Oc2nc(C)cc(C)n2)CC1. The van der Waals surface area contributed by atoms with Gasteiger partial charge >= 0.3 is 12.0 Å². The molecule has 0 unspecified atom stereocenters. The zero-order valence-electron chi connectivity index (χ0n) is 15.6. The van der Waals surface area contributed by atoms with Gasteiger partial charge in [-0.3, -0.25) is 9.59 Å². The molecule has 0 saturated heterocycles. The third-order valence-corrected chi connectivity index (χ3v) is 4.19. The molecular formula is C18H27N3O4. The Kier molecular flexibility index (Phi) is 5.98. The van der Waals surface area contributed by atoms with Gasteiger partial charge < -0.3 is 14.8 Å². The van der Waals surface area contributed by atoms with E-state index in [2.05, 4.69) is 15.3 Å². The minimum atomic E-state index is -1.16. The first-order valence-electron chi connectivity index (χ1n) is 8.65. The number of nitrogens with zero attached hydrogens (tertiary/aromatic N) is 2. The largest absolute Gasteiger partial charge is 0.460 e. The van der Waals surface area contributed by atoms with E-state index in [0.29, 0.717) is 6.01 Å². The molecule has 0 bridgehead atoms. The first-order chi connectivity index (χ1) is 11.7. The van der Waals surface area contributed by atoms with Gasteiger partial charge in [-0.15, -0.1) is 0 Å². The summed E-state index contributed by atoms with van der Waals surface area (Å²) in [6.45, 7) is 8.32. The lowest BCUT2D eigenvalue weighted by Crippen LogP contribution is -2.50. The topological polar surface area (TPSA) is 90.4 Å². The molecule has 7 heteroatoms. The lowest BCUT2D eigenvalue weighted by molar-refractivity contribution is -0.163. The van der Waals surface area contributed by atoms with Gasteiger partial charge in [-0.2, -0.15) is 0 Å². The van der Waals surface area contributed by atoms with Crippen LogP contribution in [0, 0.1) is 13.8 Å². The van der Waals surface area contributed by atoms with Crippen LogP contribution >= 0.6 is 0 Å². The molecule has 0 aliphatic heterocycles. The maximum Gasteiger partial charge on any atom is 0.317 e. The molecule has 1 aliphatic carbocycles.